The van der Waals surface area contributed by atoms with Crippen LogP contribution in [-0.4, -0.2) is 35.3 Å². The monoisotopic (exact) mass is 443 g/mol. The van der Waals surface area contributed by atoms with Gasteiger partial charge in [0.15, 0.2) is 0 Å². The maximum Gasteiger partial charge on any atom is 0.416 e. The summed E-state index contributed by atoms with van der Waals surface area (Å²) in [5, 5.41) is 0. The molecule has 0 radical (unpaired) electrons. The molecule has 0 spiro atoms. The number of aromatic nitrogens is 2. The molecule has 0 amide bonds. The number of anilines is 1. The minimum Gasteiger partial charge on any atom is -0.335 e. The van der Waals surface area contributed by atoms with Gasteiger partial charge in [-0.15, -0.1) is 0 Å². The van der Waals surface area contributed by atoms with Crippen LogP contribution in [0, 0.1) is 0 Å². The van der Waals surface area contributed by atoms with E-state index in [0.29, 0.717) is 31.8 Å². The Labute approximate surface area is 178 Å². The third kappa shape index (κ3) is 5.90. The SMILES string of the molecule is CCc1ccnc(N2CC(c3ccc(C(F)(F)F)cc3)CC[C@@H]2COC(F)(F)CC)n1. The molecule has 0 N–H and O–H groups in total. The minimum absolute atomic E-state index is 0.0703. The Morgan fingerprint density at radius 1 is 1.03 bits per heavy atom. The number of halogens is 5. The first kappa shape index (κ1) is 23.4. The second kappa shape index (κ2) is 9.46. The van der Waals surface area contributed by atoms with E-state index in [2.05, 4.69) is 9.97 Å². The van der Waals surface area contributed by atoms with Gasteiger partial charge in [-0.1, -0.05) is 26.0 Å². The average molecular weight is 443 g/mol. The van der Waals surface area contributed by atoms with Crippen LogP contribution in [0.3, 0.4) is 0 Å². The Balaban J connectivity index is 1.82. The van der Waals surface area contributed by atoms with Crippen LogP contribution in [0.15, 0.2) is 36.5 Å². The highest BCUT2D eigenvalue weighted by Crippen LogP contribution is 2.35. The first-order valence-corrected chi connectivity index (χ1v) is 10.4. The number of aryl methyl sites for hydroxylation is 1. The summed E-state index contributed by atoms with van der Waals surface area (Å²) in [6.45, 7) is 3.54. The van der Waals surface area contributed by atoms with Crippen LogP contribution in [0.4, 0.5) is 27.9 Å². The van der Waals surface area contributed by atoms with Crippen molar-refractivity contribution >= 4 is 5.95 Å². The molecule has 3 rings (SSSR count). The molecule has 2 atom stereocenters. The number of ether oxygens (including phenoxy) is 1. The van der Waals surface area contributed by atoms with Gasteiger partial charge in [0.05, 0.1) is 18.2 Å². The molecule has 170 valence electrons. The first-order valence-electron chi connectivity index (χ1n) is 10.4. The molecular weight excluding hydrogens is 417 g/mol. The quantitative estimate of drug-likeness (QED) is 0.505. The van der Waals surface area contributed by atoms with E-state index in [4.69, 9.17) is 4.74 Å². The first-order chi connectivity index (χ1) is 14.6. The number of benzene rings is 1. The van der Waals surface area contributed by atoms with Crippen LogP contribution in [0.1, 0.15) is 55.8 Å². The summed E-state index contributed by atoms with van der Waals surface area (Å²) in [6.07, 6.45) is -4.52. The van der Waals surface area contributed by atoms with E-state index < -0.39 is 24.3 Å². The molecule has 1 aliphatic heterocycles. The molecule has 0 bridgehead atoms. The van der Waals surface area contributed by atoms with Gasteiger partial charge in [-0.2, -0.15) is 22.0 Å². The third-order valence-corrected chi connectivity index (χ3v) is 5.63. The predicted molar refractivity (Wildman–Crippen MR) is 107 cm³/mol. The Hall–Kier alpha value is -2.29. The van der Waals surface area contributed by atoms with Gasteiger partial charge < -0.3 is 9.64 Å². The van der Waals surface area contributed by atoms with E-state index in [9.17, 15) is 22.0 Å². The van der Waals surface area contributed by atoms with Gasteiger partial charge >= 0.3 is 12.3 Å². The molecule has 1 aromatic carbocycles. The molecule has 1 fully saturated rings. The summed E-state index contributed by atoms with van der Waals surface area (Å²) in [5.74, 6) is 0.350. The van der Waals surface area contributed by atoms with Crippen LogP contribution in [-0.2, 0) is 17.3 Å². The van der Waals surface area contributed by atoms with Crippen LogP contribution >= 0.6 is 0 Å². The van der Waals surface area contributed by atoms with E-state index in [1.54, 1.807) is 12.3 Å². The Bertz CT molecular complexity index is 857. The smallest absolute Gasteiger partial charge is 0.335 e. The van der Waals surface area contributed by atoms with Crippen molar-refractivity contribution in [3.63, 3.8) is 0 Å². The summed E-state index contributed by atoms with van der Waals surface area (Å²) < 4.78 is 70.8. The highest BCUT2D eigenvalue weighted by atomic mass is 19.4. The average Bonchev–Trinajstić information content (AvgIpc) is 2.77. The van der Waals surface area contributed by atoms with Gasteiger partial charge in [0.2, 0.25) is 5.95 Å². The molecule has 1 saturated heterocycles. The zero-order chi connectivity index (χ0) is 22.6. The highest BCUT2D eigenvalue weighted by Gasteiger charge is 2.35. The number of hydrogen-bond donors (Lipinski definition) is 0. The molecule has 1 unspecified atom stereocenters. The summed E-state index contributed by atoms with van der Waals surface area (Å²) >= 11 is 0. The zero-order valence-corrected chi connectivity index (χ0v) is 17.5. The fraction of sp³-hybridized carbons (Fsp3) is 0.545. The van der Waals surface area contributed by atoms with Crippen molar-refractivity contribution in [1.82, 2.24) is 9.97 Å². The van der Waals surface area contributed by atoms with Gasteiger partial charge in [-0.05, 0) is 43.0 Å². The zero-order valence-electron chi connectivity index (χ0n) is 17.5. The van der Waals surface area contributed by atoms with Gasteiger partial charge in [0, 0.05) is 30.8 Å². The number of nitrogens with zero attached hydrogens (tertiary/aromatic N) is 3. The fourth-order valence-electron chi connectivity index (χ4n) is 3.70. The lowest BCUT2D eigenvalue weighted by Crippen LogP contribution is -2.47. The van der Waals surface area contributed by atoms with Crippen LogP contribution in [0.25, 0.3) is 0 Å². The largest absolute Gasteiger partial charge is 0.416 e. The molecule has 1 aliphatic rings. The molecule has 0 saturated carbocycles. The number of alkyl halides is 5. The maximum absolute atomic E-state index is 13.7. The molecule has 4 nitrogen and oxygen atoms in total. The summed E-state index contributed by atoms with van der Waals surface area (Å²) in [7, 11) is 0. The van der Waals surface area contributed by atoms with Crippen molar-refractivity contribution in [2.45, 2.75) is 63.8 Å². The maximum atomic E-state index is 13.7. The molecule has 9 heteroatoms. The van der Waals surface area contributed by atoms with E-state index in [0.717, 1.165) is 23.4 Å². The molecule has 2 heterocycles. The summed E-state index contributed by atoms with van der Waals surface area (Å²) in [6, 6.07) is 6.55. The number of rotatable bonds is 7. The van der Waals surface area contributed by atoms with Crippen molar-refractivity contribution < 1.29 is 26.7 Å². The lowest BCUT2D eigenvalue weighted by Gasteiger charge is -2.40. The topological polar surface area (TPSA) is 38.2 Å². The lowest BCUT2D eigenvalue weighted by molar-refractivity contribution is -0.241. The van der Waals surface area contributed by atoms with Gasteiger partial charge in [0.25, 0.3) is 0 Å². The number of hydrogen-bond acceptors (Lipinski definition) is 4. The van der Waals surface area contributed by atoms with Crippen LogP contribution in [0.5, 0.6) is 0 Å². The van der Waals surface area contributed by atoms with Gasteiger partial charge in [-0.3, -0.25) is 0 Å². The Morgan fingerprint density at radius 3 is 2.35 bits per heavy atom. The van der Waals surface area contributed by atoms with E-state index in [-0.39, 0.29) is 18.6 Å². The fourth-order valence-corrected chi connectivity index (χ4v) is 3.70. The second-order valence-corrected chi connectivity index (χ2v) is 7.70. The summed E-state index contributed by atoms with van der Waals surface area (Å²) in [4.78, 5) is 10.7. The summed E-state index contributed by atoms with van der Waals surface area (Å²) in [5.41, 5.74) is 0.888. The van der Waals surface area contributed by atoms with E-state index in [1.807, 2.05) is 11.8 Å². The highest BCUT2D eigenvalue weighted by molar-refractivity contribution is 5.37. The van der Waals surface area contributed by atoms with Crippen molar-refractivity contribution in [2.75, 3.05) is 18.1 Å². The van der Waals surface area contributed by atoms with E-state index in [1.165, 1.54) is 19.1 Å². The molecule has 1 aromatic heterocycles. The van der Waals surface area contributed by atoms with Crippen molar-refractivity contribution in [3.8, 4) is 0 Å². The standard InChI is InChI=1S/C22H26F5N3O/c1-3-18-11-12-28-20(29-18)30-13-16(7-10-19(30)14-31-21(23,24)4-2)15-5-8-17(9-6-15)22(25,26)27/h5-6,8-9,11-12,16,19H,3-4,7,10,13-14H2,1-2H3/t16?,19-/m1/s1. The van der Waals surface area contributed by atoms with Gasteiger partial charge in [0.1, 0.15) is 0 Å². The third-order valence-electron chi connectivity index (χ3n) is 5.63. The van der Waals surface area contributed by atoms with Crippen molar-refractivity contribution in [3.05, 3.63) is 53.3 Å². The molecule has 2 aromatic rings. The minimum atomic E-state index is -4.39. The van der Waals surface area contributed by atoms with Crippen molar-refractivity contribution in [2.24, 2.45) is 0 Å². The molecular formula is C22H26F5N3O. The normalized spacial score (nSPS) is 20.2. The van der Waals surface area contributed by atoms with Gasteiger partial charge in [-0.25, -0.2) is 9.97 Å². The molecule has 0 aliphatic carbocycles. The Morgan fingerprint density at radius 2 is 1.74 bits per heavy atom. The van der Waals surface area contributed by atoms with Crippen molar-refractivity contribution in [1.29, 1.82) is 0 Å². The predicted octanol–water partition coefficient (Wildman–Crippen LogP) is 5.83. The van der Waals surface area contributed by atoms with Crippen LogP contribution in [0.2, 0.25) is 0 Å². The second-order valence-electron chi connectivity index (χ2n) is 7.70. The van der Waals surface area contributed by atoms with E-state index >= 15 is 0 Å². The lowest BCUT2D eigenvalue weighted by atomic mass is 9.87. The molecule has 31 heavy (non-hydrogen) atoms. The number of piperidine rings is 1. The van der Waals surface area contributed by atoms with Crippen LogP contribution < -0.4 is 4.90 Å². The Kier molecular flexibility index (Phi) is 7.13.